The molecule has 0 N–H and O–H groups in total. The number of hydrogen-bond donors (Lipinski definition) is 0. The van der Waals surface area contributed by atoms with E-state index in [-0.39, 0.29) is 74.1 Å². The van der Waals surface area contributed by atoms with E-state index < -0.39 is 0 Å². The van der Waals surface area contributed by atoms with E-state index in [2.05, 4.69) is 159 Å². The maximum atomic E-state index is 4.04. The Morgan fingerprint density at radius 1 is 0.200 bits per heavy atom. The molecule has 0 atom stereocenters. The molecule has 8 aromatic rings. The second kappa shape index (κ2) is 36.9. The second-order valence-corrected chi connectivity index (χ2v) is 18.9. The molecule has 0 saturated heterocycles. The SMILES string of the molecule is [CH2-]C(C)(C)c1ccccc1.[CH2-]C(C)(C)c1ccccc1.[CH2-]C(C)(C)c1ccccc1.[CH2-]C(C)(C)c1ccccc1.[CH2-]c1ccccc1.[CH2-]c1ccccc1.[CH2-]c1ccccc1.[CH2-]c1ccccc1.[Zr+4].[Zr+4]. The third kappa shape index (κ3) is 35.2. The van der Waals surface area contributed by atoms with Gasteiger partial charge in [-0.25, -0.2) is 0 Å². The molecule has 0 saturated carbocycles. The van der Waals surface area contributed by atoms with Crippen LogP contribution in [0.25, 0.3) is 0 Å². The molecule has 0 bridgehead atoms. The average Bonchev–Trinajstić information content (AvgIpc) is 3.32. The first kappa shape index (κ1) is 67.1. The fourth-order valence-corrected chi connectivity index (χ4v) is 5.47. The summed E-state index contributed by atoms with van der Waals surface area (Å²) in [5.74, 6) is 0. The van der Waals surface area contributed by atoms with Crippen molar-refractivity contribution < 1.29 is 52.4 Å². The van der Waals surface area contributed by atoms with Crippen molar-refractivity contribution in [1.82, 2.24) is 0 Å². The molecule has 0 nitrogen and oxygen atoms in total. The van der Waals surface area contributed by atoms with Gasteiger partial charge in [-0.15, -0.1) is 70.2 Å². The van der Waals surface area contributed by atoms with Crippen LogP contribution in [0.2, 0.25) is 0 Å². The molecule has 8 aromatic carbocycles. The van der Waals surface area contributed by atoms with Crippen LogP contribution in [0.1, 0.15) is 99.9 Å². The molecule has 0 aliphatic rings. The van der Waals surface area contributed by atoms with E-state index in [4.69, 9.17) is 0 Å². The molecule has 70 heavy (non-hydrogen) atoms. The van der Waals surface area contributed by atoms with Crippen LogP contribution < -0.4 is 0 Å². The molecule has 0 heterocycles. The van der Waals surface area contributed by atoms with Gasteiger partial charge in [-0.3, -0.25) is 0 Å². The Kier molecular flexibility index (Phi) is 35.3. The predicted octanol–water partition coefficient (Wildman–Crippen LogP) is 18.7. The molecule has 0 unspecified atom stereocenters. The minimum atomic E-state index is 0. The van der Waals surface area contributed by atoms with Crippen molar-refractivity contribution in [3.8, 4) is 0 Å². The molecule has 0 aliphatic heterocycles. The number of benzene rings is 8. The van der Waals surface area contributed by atoms with Crippen molar-refractivity contribution in [1.29, 1.82) is 0 Å². The van der Waals surface area contributed by atoms with Gasteiger partial charge in [-0.2, -0.15) is 98.5 Å². The van der Waals surface area contributed by atoms with Gasteiger partial charge in [-0.1, -0.05) is 223 Å². The zero-order valence-corrected chi connectivity index (χ0v) is 48.7. The van der Waals surface area contributed by atoms with Crippen molar-refractivity contribution in [2.24, 2.45) is 0 Å². The van der Waals surface area contributed by atoms with E-state index in [0.29, 0.717) is 0 Å². The van der Waals surface area contributed by atoms with Gasteiger partial charge < -0.3 is 27.7 Å². The Bertz CT molecular complexity index is 1990. The summed E-state index contributed by atoms with van der Waals surface area (Å²) >= 11 is 0. The van der Waals surface area contributed by atoms with Gasteiger partial charge in [0.15, 0.2) is 0 Å². The van der Waals surface area contributed by atoms with E-state index in [0.717, 1.165) is 22.3 Å². The fourth-order valence-electron chi connectivity index (χ4n) is 5.47. The van der Waals surface area contributed by atoms with Crippen molar-refractivity contribution in [3.63, 3.8) is 0 Å². The summed E-state index contributed by atoms with van der Waals surface area (Å²) in [6.45, 7) is 48.0. The van der Waals surface area contributed by atoms with Gasteiger partial charge in [0.2, 0.25) is 0 Å². The normalized spacial score (nSPS) is 10.0. The van der Waals surface area contributed by atoms with Gasteiger partial charge in [0, 0.05) is 0 Å². The number of hydrogen-bond acceptors (Lipinski definition) is 0. The molecule has 0 spiro atoms. The summed E-state index contributed by atoms with van der Waals surface area (Å²) in [5.41, 5.74) is 9.61. The maximum absolute atomic E-state index is 4.04. The average molecular weight is 1080 g/mol. The Morgan fingerprint density at radius 3 is 0.357 bits per heavy atom. The fraction of sp³-hybridized carbons (Fsp3) is 0.176. The van der Waals surface area contributed by atoms with Crippen LogP contribution in [0.15, 0.2) is 243 Å². The van der Waals surface area contributed by atoms with Crippen molar-refractivity contribution >= 4 is 0 Å². The standard InChI is InChI=1S/4C10H13.4C7H7.2Zr/c4*1-10(2,3)9-7-5-4-6-8-9;4*1-7-5-3-2-4-6-7;;/h4*4-8H,1H2,2-3H3;4*2-6H,1H2;;/q8*-1;2*+4. The molecule has 0 aromatic heterocycles. The van der Waals surface area contributed by atoms with Crippen LogP contribution in [-0.4, -0.2) is 0 Å². The van der Waals surface area contributed by atoms with Crippen LogP contribution in [0.4, 0.5) is 0 Å². The first-order valence-corrected chi connectivity index (χ1v) is 23.1. The Balaban J connectivity index is 0. The molecule has 8 rings (SSSR count). The van der Waals surface area contributed by atoms with Gasteiger partial charge in [0.1, 0.15) is 0 Å². The first-order chi connectivity index (χ1) is 32.0. The largest absolute Gasteiger partial charge is 4.00 e. The molecule has 0 amide bonds. The summed E-state index contributed by atoms with van der Waals surface area (Å²) < 4.78 is 0. The van der Waals surface area contributed by atoms with Gasteiger partial charge in [0.05, 0.1) is 0 Å². The van der Waals surface area contributed by atoms with Crippen LogP contribution in [0, 0.1) is 55.4 Å². The quantitative estimate of drug-likeness (QED) is 0.154. The predicted molar refractivity (Wildman–Crippen MR) is 303 cm³/mol. The van der Waals surface area contributed by atoms with Crippen molar-refractivity contribution in [2.75, 3.05) is 0 Å². The summed E-state index contributed by atoms with van der Waals surface area (Å²) in [5, 5.41) is 0. The maximum Gasteiger partial charge on any atom is 4.00 e. The monoisotopic (exact) mass is 1080 g/mol. The number of rotatable bonds is 4. The Labute approximate surface area is 468 Å². The van der Waals surface area contributed by atoms with Gasteiger partial charge in [0.25, 0.3) is 0 Å². The van der Waals surface area contributed by atoms with Crippen LogP contribution in [-0.2, 0) is 74.1 Å². The third-order valence-corrected chi connectivity index (χ3v) is 9.59. The Morgan fingerprint density at radius 2 is 0.300 bits per heavy atom. The van der Waals surface area contributed by atoms with Crippen LogP contribution in [0.5, 0.6) is 0 Å². The Hall–Kier alpha value is -4.99. The smallest absolute Gasteiger partial charge is 0.333 e. The third-order valence-electron chi connectivity index (χ3n) is 9.59. The summed E-state index contributed by atoms with van der Waals surface area (Å²) in [6.07, 6.45) is 0. The molecule has 2 heteroatoms. The molecule has 360 valence electrons. The van der Waals surface area contributed by atoms with Crippen molar-refractivity contribution in [2.45, 2.75) is 77.0 Å². The summed E-state index contributed by atoms with van der Waals surface area (Å²) in [4.78, 5) is 0. The van der Waals surface area contributed by atoms with E-state index >= 15 is 0 Å². The zero-order chi connectivity index (χ0) is 50.9. The molecule has 0 fully saturated rings. The molecular formula is C68H80Zr2. The first-order valence-electron chi connectivity index (χ1n) is 23.1. The molecule has 0 radical (unpaired) electrons. The van der Waals surface area contributed by atoms with Crippen LogP contribution in [0.3, 0.4) is 0 Å². The van der Waals surface area contributed by atoms with Crippen LogP contribution >= 0.6 is 0 Å². The molecular weight excluding hydrogens is 999 g/mol. The minimum absolute atomic E-state index is 0. The summed E-state index contributed by atoms with van der Waals surface area (Å²) in [6, 6.07) is 80.8. The van der Waals surface area contributed by atoms with Crippen molar-refractivity contribution in [3.05, 3.63) is 343 Å². The second-order valence-electron chi connectivity index (χ2n) is 18.9. The topological polar surface area (TPSA) is 0 Å². The van der Waals surface area contributed by atoms with E-state index in [1.54, 1.807) is 0 Å². The zero-order valence-electron chi connectivity index (χ0n) is 43.8. The van der Waals surface area contributed by atoms with Gasteiger partial charge in [-0.05, 0) is 0 Å². The van der Waals surface area contributed by atoms with Gasteiger partial charge >= 0.3 is 52.4 Å². The minimum Gasteiger partial charge on any atom is -0.333 e. The van der Waals surface area contributed by atoms with E-state index in [1.165, 1.54) is 22.3 Å². The van der Waals surface area contributed by atoms with E-state index in [1.807, 2.05) is 194 Å². The molecule has 0 aliphatic carbocycles. The van der Waals surface area contributed by atoms with E-state index in [9.17, 15) is 0 Å². The summed E-state index contributed by atoms with van der Waals surface area (Å²) in [7, 11) is 0.